The van der Waals surface area contributed by atoms with Crippen LogP contribution in [-0.4, -0.2) is 4.98 Å². The highest BCUT2D eigenvalue weighted by Crippen LogP contribution is 2.34. The molecule has 0 amide bonds. The zero-order valence-corrected chi connectivity index (χ0v) is 12.5. The molecule has 2 aromatic rings. The van der Waals surface area contributed by atoms with Gasteiger partial charge in [-0.15, -0.1) is 0 Å². The van der Waals surface area contributed by atoms with Crippen LogP contribution in [0.4, 0.5) is 0 Å². The molecule has 1 aromatic heterocycles. The summed E-state index contributed by atoms with van der Waals surface area (Å²) in [6.07, 6.45) is 1.14. The molecule has 0 radical (unpaired) electrons. The van der Waals surface area contributed by atoms with Crippen molar-refractivity contribution >= 4 is 10.9 Å². The lowest BCUT2D eigenvalue weighted by molar-refractivity contribution is 0.630. The number of rotatable bonds is 3. The van der Waals surface area contributed by atoms with Crippen molar-refractivity contribution in [3.8, 4) is 0 Å². The van der Waals surface area contributed by atoms with Crippen LogP contribution in [0.3, 0.4) is 0 Å². The fraction of sp³-hybridized carbons (Fsp3) is 0.529. The van der Waals surface area contributed by atoms with Gasteiger partial charge in [0.05, 0.1) is 0 Å². The maximum Gasteiger partial charge on any atom is 0.0491 e. The van der Waals surface area contributed by atoms with Gasteiger partial charge in [0.15, 0.2) is 0 Å². The van der Waals surface area contributed by atoms with Crippen LogP contribution < -0.4 is 0 Å². The van der Waals surface area contributed by atoms with E-state index < -0.39 is 0 Å². The number of benzene rings is 1. The van der Waals surface area contributed by atoms with Crippen LogP contribution >= 0.6 is 0 Å². The standard InChI is InChI=1S/C17H25N/c1-10(2)9-14-15(11(3)4)16-12(5)7-8-13(6)17(16)18-14/h7-8,10-11,18H,9H2,1-6H3. The first-order chi connectivity index (χ1) is 8.41. The van der Waals surface area contributed by atoms with Gasteiger partial charge in [-0.3, -0.25) is 0 Å². The molecule has 0 saturated heterocycles. The third-order valence-electron chi connectivity index (χ3n) is 3.68. The number of nitrogens with one attached hydrogen (secondary N) is 1. The fourth-order valence-electron chi connectivity index (χ4n) is 2.89. The minimum atomic E-state index is 0.577. The van der Waals surface area contributed by atoms with E-state index in [0.29, 0.717) is 11.8 Å². The van der Waals surface area contributed by atoms with Gasteiger partial charge in [0.25, 0.3) is 0 Å². The summed E-state index contributed by atoms with van der Waals surface area (Å²) in [4.78, 5) is 3.69. The quantitative estimate of drug-likeness (QED) is 0.771. The molecule has 0 bridgehead atoms. The first kappa shape index (κ1) is 13.2. The highest BCUT2D eigenvalue weighted by Gasteiger charge is 2.17. The first-order valence-corrected chi connectivity index (χ1v) is 7.02. The largest absolute Gasteiger partial charge is 0.358 e. The smallest absolute Gasteiger partial charge is 0.0491 e. The monoisotopic (exact) mass is 243 g/mol. The Labute approximate surface area is 111 Å². The second-order valence-electron chi connectivity index (χ2n) is 6.22. The summed E-state index contributed by atoms with van der Waals surface area (Å²) in [5, 5.41) is 1.46. The van der Waals surface area contributed by atoms with Crippen molar-refractivity contribution in [3.05, 3.63) is 34.5 Å². The number of aromatic nitrogens is 1. The lowest BCUT2D eigenvalue weighted by Gasteiger charge is -2.11. The molecule has 1 nitrogen and oxygen atoms in total. The molecule has 18 heavy (non-hydrogen) atoms. The van der Waals surface area contributed by atoms with Crippen molar-refractivity contribution in [2.75, 3.05) is 0 Å². The van der Waals surface area contributed by atoms with Crippen LogP contribution in [-0.2, 0) is 6.42 Å². The van der Waals surface area contributed by atoms with Gasteiger partial charge in [-0.2, -0.15) is 0 Å². The van der Waals surface area contributed by atoms with Crippen molar-refractivity contribution in [1.29, 1.82) is 0 Å². The van der Waals surface area contributed by atoms with Gasteiger partial charge in [-0.25, -0.2) is 0 Å². The Morgan fingerprint density at radius 3 is 2.17 bits per heavy atom. The van der Waals surface area contributed by atoms with E-state index in [0.717, 1.165) is 6.42 Å². The van der Waals surface area contributed by atoms with Crippen molar-refractivity contribution in [2.45, 2.75) is 53.9 Å². The van der Waals surface area contributed by atoms with Crippen LogP contribution in [0.2, 0.25) is 0 Å². The molecule has 0 atom stereocenters. The molecule has 1 N–H and O–H groups in total. The number of fused-ring (bicyclic) bond motifs is 1. The SMILES string of the molecule is Cc1ccc(C)c2c(C(C)C)c(CC(C)C)[nH]c12. The number of H-pyrrole nitrogens is 1. The minimum absolute atomic E-state index is 0.577. The topological polar surface area (TPSA) is 15.8 Å². The Morgan fingerprint density at radius 2 is 1.61 bits per heavy atom. The molecule has 0 aliphatic heterocycles. The van der Waals surface area contributed by atoms with Gasteiger partial charge in [-0.1, -0.05) is 39.8 Å². The molecular weight excluding hydrogens is 218 g/mol. The van der Waals surface area contributed by atoms with E-state index in [1.165, 1.54) is 33.3 Å². The first-order valence-electron chi connectivity index (χ1n) is 7.02. The third-order valence-corrected chi connectivity index (χ3v) is 3.68. The zero-order valence-electron chi connectivity index (χ0n) is 12.5. The van der Waals surface area contributed by atoms with Crippen molar-refractivity contribution in [1.82, 2.24) is 4.98 Å². The van der Waals surface area contributed by atoms with E-state index in [1.54, 1.807) is 0 Å². The van der Waals surface area contributed by atoms with Crippen molar-refractivity contribution in [2.24, 2.45) is 5.92 Å². The summed E-state index contributed by atoms with van der Waals surface area (Å²) in [5.41, 5.74) is 7.06. The molecule has 0 saturated carbocycles. The summed E-state index contributed by atoms with van der Waals surface area (Å²) in [6, 6.07) is 4.47. The van der Waals surface area contributed by atoms with Crippen LogP contribution in [0.5, 0.6) is 0 Å². The predicted octanol–water partition coefficient (Wildman–Crippen LogP) is 5.11. The number of hydrogen-bond acceptors (Lipinski definition) is 0. The Bertz CT molecular complexity index is 558. The summed E-state index contributed by atoms with van der Waals surface area (Å²) >= 11 is 0. The van der Waals surface area contributed by atoms with E-state index >= 15 is 0 Å². The summed E-state index contributed by atoms with van der Waals surface area (Å²) in [5.74, 6) is 1.27. The second-order valence-corrected chi connectivity index (χ2v) is 6.22. The zero-order chi connectivity index (χ0) is 13.4. The Kier molecular flexibility index (Phi) is 3.52. The molecule has 0 aliphatic carbocycles. The second kappa shape index (κ2) is 4.79. The van der Waals surface area contributed by atoms with E-state index in [2.05, 4.69) is 58.7 Å². The average Bonchev–Trinajstić information content (AvgIpc) is 2.63. The summed E-state index contributed by atoms with van der Waals surface area (Å²) in [7, 11) is 0. The highest BCUT2D eigenvalue weighted by atomic mass is 14.7. The number of aromatic amines is 1. The van der Waals surface area contributed by atoms with E-state index in [4.69, 9.17) is 0 Å². The Balaban J connectivity index is 2.75. The molecule has 0 aliphatic rings. The van der Waals surface area contributed by atoms with Gasteiger partial charge < -0.3 is 4.98 Å². The molecular formula is C17H25N. The van der Waals surface area contributed by atoms with E-state index in [9.17, 15) is 0 Å². The molecule has 1 heteroatoms. The van der Waals surface area contributed by atoms with Crippen LogP contribution in [0.15, 0.2) is 12.1 Å². The molecule has 0 spiro atoms. The van der Waals surface area contributed by atoms with Crippen LogP contribution in [0.25, 0.3) is 10.9 Å². The van der Waals surface area contributed by atoms with Gasteiger partial charge in [0, 0.05) is 16.6 Å². The predicted molar refractivity (Wildman–Crippen MR) is 80.4 cm³/mol. The van der Waals surface area contributed by atoms with Gasteiger partial charge in [-0.05, 0) is 48.8 Å². The van der Waals surface area contributed by atoms with Gasteiger partial charge in [0.2, 0.25) is 0 Å². The maximum atomic E-state index is 3.69. The van der Waals surface area contributed by atoms with Crippen molar-refractivity contribution < 1.29 is 0 Å². The number of aryl methyl sites for hydroxylation is 2. The molecule has 2 rings (SSSR count). The van der Waals surface area contributed by atoms with Crippen molar-refractivity contribution in [3.63, 3.8) is 0 Å². The molecule has 1 heterocycles. The lowest BCUT2D eigenvalue weighted by atomic mass is 9.93. The fourth-order valence-corrected chi connectivity index (χ4v) is 2.89. The average molecular weight is 243 g/mol. The maximum absolute atomic E-state index is 3.69. The summed E-state index contributed by atoms with van der Waals surface area (Å²) in [6.45, 7) is 13.6. The minimum Gasteiger partial charge on any atom is -0.358 e. The Morgan fingerprint density at radius 1 is 1.00 bits per heavy atom. The van der Waals surface area contributed by atoms with E-state index in [-0.39, 0.29) is 0 Å². The summed E-state index contributed by atoms with van der Waals surface area (Å²) < 4.78 is 0. The third kappa shape index (κ3) is 2.19. The molecule has 0 unspecified atom stereocenters. The van der Waals surface area contributed by atoms with Crippen LogP contribution in [0.1, 0.15) is 56.0 Å². The molecule has 98 valence electrons. The lowest BCUT2D eigenvalue weighted by Crippen LogP contribution is -1.99. The highest BCUT2D eigenvalue weighted by molar-refractivity contribution is 5.90. The van der Waals surface area contributed by atoms with Gasteiger partial charge in [0.1, 0.15) is 0 Å². The molecule has 0 fully saturated rings. The Hall–Kier alpha value is -1.24. The van der Waals surface area contributed by atoms with Crippen LogP contribution in [0, 0.1) is 19.8 Å². The normalized spacial score (nSPS) is 12.0. The number of hydrogen-bond donors (Lipinski definition) is 1. The van der Waals surface area contributed by atoms with Gasteiger partial charge >= 0.3 is 0 Å². The van der Waals surface area contributed by atoms with E-state index in [1.807, 2.05) is 0 Å². The molecule has 1 aromatic carbocycles.